The SMILES string of the molecule is O=C(NC[C@H](c1ccco1)N1CCCCC1)c1cncc(Br)c1. The lowest BCUT2D eigenvalue weighted by Crippen LogP contribution is -2.40. The van der Waals surface area contributed by atoms with Gasteiger partial charge >= 0.3 is 0 Å². The summed E-state index contributed by atoms with van der Waals surface area (Å²) in [6.07, 6.45) is 8.59. The molecule has 1 amide bonds. The van der Waals surface area contributed by atoms with Crippen LogP contribution in [-0.2, 0) is 0 Å². The van der Waals surface area contributed by atoms with E-state index in [1.165, 1.54) is 19.3 Å². The smallest absolute Gasteiger partial charge is 0.252 e. The molecule has 5 nitrogen and oxygen atoms in total. The van der Waals surface area contributed by atoms with Crippen LogP contribution in [0.15, 0.2) is 45.7 Å². The molecule has 2 aromatic heterocycles. The summed E-state index contributed by atoms with van der Waals surface area (Å²) in [5, 5.41) is 3.01. The van der Waals surface area contributed by atoms with Gasteiger partial charge in [-0.1, -0.05) is 6.42 Å². The first-order valence-electron chi connectivity index (χ1n) is 7.90. The molecule has 0 unspecified atom stereocenters. The number of aromatic nitrogens is 1. The van der Waals surface area contributed by atoms with Gasteiger partial charge in [-0.05, 0) is 60.1 Å². The Balaban J connectivity index is 1.67. The van der Waals surface area contributed by atoms with Gasteiger partial charge in [0.15, 0.2) is 0 Å². The molecule has 1 atom stereocenters. The zero-order chi connectivity index (χ0) is 16.1. The molecule has 0 radical (unpaired) electrons. The maximum absolute atomic E-state index is 12.3. The van der Waals surface area contributed by atoms with Gasteiger partial charge in [-0.25, -0.2) is 0 Å². The Hall–Kier alpha value is -1.66. The van der Waals surface area contributed by atoms with Crippen molar-refractivity contribution in [2.24, 2.45) is 0 Å². The fourth-order valence-corrected chi connectivity index (χ4v) is 3.31. The lowest BCUT2D eigenvalue weighted by Gasteiger charge is -2.33. The second-order valence-electron chi connectivity index (χ2n) is 5.73. The van der Waals surface area contributed by atoms with Crippen LogP contribution >= 0.6 is 15.9 Å². The molecule has 6 heteroatoms. The summed E-state index contributed by atoms with van der Waals surface area (Å²) >= 11 is 3.34. The van der Waals surface area contributed by atoms with Crippen LogP contribution in [0.3, 0.4) is 0 Å². The summed E-state index contributed by atoms with van der Waals surface area (Å²) in [6, 6.07) is 5.72. The van der Waals surface area contributed by atoms with E-state index < -0.39 is 0 Å². The first-order chi connectivity index (χ1) is 11.2. The maximum Gasteiger partial charge on any atom is 0.252 e. The minimum Gasteiger partial charge on any atom is -0.468 e. The largest absolute Gasteiger partial charge is 0.468 e. The van der Waals surface area contributed by atoms with Crippen molar-refractivity contribution in [2.45, 2.75) is 25.3 Å². The van der Waals surface area contributed by atoms with Crippen molar-refractivity contribution < 1.29 is 9.21 Å². The van der Waals surface area contributed by atoms with E-state index in [1.807, 2.05) is 12.1 Å². The maximum atomic E-state index is 12.3. The summed E-state index contributed by atoms with van der Waals surface area (Å²) in [6.45, 7) is 2.61. The van der Waals surface area contributed by atoms with Gasteiger partial charge in [-0.2, -0.15) is 0 Å². The third-order valence-electron chi connectivity index (χ3n) is 4.13. The fraction of sp³-hybridized carbons (Fsp3) is 0.412. The molecule has 1 fully saturated rings. The second kappa shape index (κ2) is 7.75. The van der Waals surface area contributed by atoms with Crippen molar-refractivity contribution in [1.29, 1.82) is 0 Å². The number of carbonyl (C=O) groups is 1. The number of carbonyl (C=O) groups excluding carboxylic acids is 1. The molecule has 122 valence electrons. The van der Waals surface area contributed by atoms with E-state index >= 15 is 0 Å². The molecule has 0 saturated carbocycles. The molecule has 1 aliphatic rings. The van der Waals surface area contributed by atoms with Gasteiger partial charge in [0.2, 0.25) is 0 Å². The van der Waals surface area contributed by atoms with Crippen LogP contribution in [0.25, 0.3) is 0 Å². The minimum atomic E-state index is -0.118. The number of hydrogen-bond donors (Lipinski definition) is 1. The number of halogens is 1. The molecule has 0 aromatic carbocycles. The van der Waals surface area contributed by atoms with Gasteiger partial charge in [-0.15, -0.1) is 0 Å². The summed E-state index contributed by atoms with van der Waals surface area (Å²) in [7, 11) is 0. The van der Waals surface area contributed by atoms with Crippen LogP contribution < -0.4 is 5.32 Å². The van der Waals surface area contributed by atoms with Gasteiger partial charge in [-0.3, -0.25) is 14.7 Å². The first-order valence-corrected chi connectivity index (χ1v) is 8.69. The summed E-state index contributed by atoms with van der Waals surface area (Å²) in [5.41, 5.74) is 0.552. The highest BCUT2D eigenvalue weighted by molar-refractivity contribution is 9.10. The predicted molar refractivity (Wildman–Crippen MR) is 91.1 cm³/mol. The number of furan rings is 1. The number of hydrogen-bond acceptors (Lipinski definition) is 4. The first kappa shape index (κ1) is 16.2. The van der Waals surface area contributed by atoms with E-state index in [9.17, 15) is 4.79 Å². The quantitative estimate of drug-likeness (QED) is 0.867. The van der Waals surface area contributed by atoms with Crippen molar-refractivity contribution in [1.82, 2.24) is 15.2 Å². The highest BCUT2D eigenvalue weighted by Crippen LogP contribution is 2.24. The third-order valence-corrected chi connectivity index (χ3v) is 4.56. The highest BCUT2D eigenvalue weighted by atomic mass is 79.9. The van der Waals surface area contributed by atoms with Gasteiger partial charge in [0.1, 0.15) is 5.76 Å². The Labute approximate surface area is 144 Å². The van der Waals surface area contributed by atoms with E-state index in [4.69, 9.17) is 4.42 Å². The standard InChI is InChI=1S/C17H20BrN3O2/c18-14-9-13(10-19-11-14)17(22)20-12-15(16-5-4-8-23-16)21-6-2-1-3-7-21/h4-5,8-11,15H,1-3,6-7,12H2,(H,20,22)/t15-/m1/s1. The molecule has 23 heavy (non-hydrogen) atoms. The number of rotatable bonds is 5. The van der Waals surface area contributed by atoms with Gasteiger partial charge in [0.25, 0.3) is 5.91 Å². The normalized spacial score (nSPS) is 16.9. The number of amides is 1. The van der Waals surface area contributed by atoms with Crippen LogP contribution in [-0.4, -0.2) is 35.4 Å². The number of nitrogens with zero attached hydrogens (tertiary/aromatic N) is 2. The average molecular weight is 378 g/mol. The molecular formula is C17H20BrN3O2. The monoisotopic (exact) mass is 377 g/mol. The number of pyridine rings is 1. The van der Waals surface area contributed by atoms with Crippen molar-refractivity contribution in [3.8, 4) is 0 Å². The number of piperidine rings is 1. The minimum absolute atomic E-state index is 0.0781. The zero-order valence-electron chi connectivity index (χ0n) is 12.9. The van der Waals surface area contributed by atoms with Crippen LogP contribution in [0, 0.1) is 0 Å². The second-order valence-corrected chi connectivity index (χ2v) is 6.65. The number of likely N-dealkylation sites (tertiary alicyclic amines) is 1. The van der Waals surface area contributed by atoms with Crippen LogP contribution in [0.1, 0.15) is 41.4 Å². The molecule has 1 aliphatic heterocycles. The Morgan fingerprint density at radius 3 is 2.87 bits per heavy atom. The molecule has 3 rings (SSSR count). The van der Waals surface area contributed by atoms with E-state index in [-0.39, 0.29) is 11.9 Å². The van der Waals surface area contributed by atoms with E-state index in [2.05, 4.69) is 31.1 Å². The summed E-state index contributed by atoms with van der Waals surface area (Å²) in [5.74, 6) is 0.784. The third kappa shape index (κ3) is 4.20. The topological polar surface area (TPSA) is 58.4 Å². The molecular weight excluding hydrogens is 358 g/mol. The molecule has 2 aromatic rings. The van der Waals surface area contributed by atoms with E-state index in [0.717, 1.165) is 23.3 Å². The van der Waals surface area contributed by atoms with Crippen molar-refractivity contribution in [2.75, 3.05) is 19.6 Å². The van der Waals surface area contributed by atoms with E-state index in [1.54, 1.807) is 24.7 Å². The Morgan fingerprint density at radius 1 is 1.35 bits per heavy atom. The average Bonchev–Trinajstić information content (AvgIpc) is 3.10. The van der Waals surface area contributed by atoms with Gasteiger partial charge in [0, 0.05) is 23.4 Å². The molecule has 0 aliphatic carbocycles. The molecule has 0 bridgehead atoms. The fourth-order valence-electron chi connectivity index (χ4n) is 2.95. The lowest BCUT2D eigenvalue weighted by molar-refractivity contribution is 0.0913. The summed E-state index contributed by atoms with van der Waals surface area (Å²) in [4.78, 5) is 18.8. The van der Waals surface area contributed by atoms with E-state index in [0.29, 0.717) is 12.1 Å². The van der Waals surface area contributed by atoms with Crippen molar-refractivity contribution in [3.05, 3.63) is 52.7 Å². The van der Waals surface area contributed by atoms with Crippen LogP contribution in [0.4, 0.5) is 0 Å². The highest BCUT2D eigenvalue weighted by Gasteiger charge is 2.25. The van der Waals surface area contributed by atoms with Crippen LogP contribution in [0.2, 0.25) is 0 Å². The molecule has 1 N–H and O–H groups in total. The lowest BCUT2D eigenvalue weighted by atomic mass is 10.1. The zero-order valence-corrected chi connectivity index (χ0v) is 14.5. The molecule has 3 heterocycles. The summed E-state index contributed by atoms with van der Waals surface area (Å²) < 4.78 is 6.39. The van der Waals surface area contributed by atoms with Crippen molar-refractivity contribution >= 4 is 21.8 Å². The molecule has 0 spiro atoms. The number of nitrogens with one attached hydrogen (secondary N) is 1. The Bertz CT molecular complexity index is 639. The molecule has 1 saturated heterocycles. The van der Waals surface area contributed by atoms with Crippen molar-refractivity contribution in [3.63, 3.8) is 0 Å². The predicted octanol–water partition coefficient (Wildman–Crippen LogP) is 3.39. The van der Waals surface area contributed by atoms with Gasteiger partial charge in [0.05, 0.1) is 17.9 Å². The van der Waals surface area contributed by atoms with Crippen LogP contribution in [0.5, 0.6) is 0 Å². The van der Waals surface area contributed by atoms with Gasteiger partial charge < -0.3 is 9.73 Å². The Kier molecular flexibility index (Phi) is 5.46. The Morgan fingerprint density at radius 2 is 2.17 bits per heavy atom.